The third-order valence-corrected chi connectivity index (χ3v) is 10.3. The van der Waals surface area contributed by atoms with E-state index < -0.39 is 5.79 Å². The Kier molecular flexibility index (Phi) is 5.63. The zero-order chi connectivity index (χ0) is 22.7. The number of aliphatic hydroxyl groups is 1. The summed E-state index contributed by atoms with van der Waals surface area (Å²) < 4.78 is 6.09. The van der Waals surface area contributed by atoms with E-state index in [0.29, 0.717) is 48.0 Å². The Morgan fingerprint density at radius 3 is 2.56 bits per heavy atom. The van der Waals surface area contributed by atoms with E-state index in [-0.39, 0.29) is 16.7 Å². The van der Waals surface area contributed by atoms with Gasteiger partial charge in [0, 0.05) is 23.8 Å². The normalized spacial score (nSPS) is 43.1. The van der Waals surface area contributed by atoms with Crippen molar-refractivity contribution in [3.63, 3.8) is 0 Å². The number of hydrogen-bond donors (Lipinski definition) is 1. The van der Waals surface area contributed by atoms with Crippen molar-refractivity contribution in [2.75, 3.05) is 0 Å². The zero-order valence-corrected chi connectivity index (χ0v) is 20.5. The molecule has 5 rings (SSSR count). The first-order valence-corrected chi connectivity index (χ1v) is 12.8. The molecule has 3 saturated carbocycles. The highest BCUT2D eigenvalue weighted by Gasteiger charge is 2.60. The monoisotopic (exact) mass is 456 g/mol. The summed E-state index contributed by atoms with van der Waals surface area (Å²) in [5, 5.41) is 12.0. The van der Waals surface area contributed by atoms with Gasteiger partial charge in [-0.2, -0.15) is 0 Å². The predicted octanol–water partition coefficient (Wildman–Crippen LogP) is 6.71. The molecule has 0 spiro atoms. The standard InChI is InChI=1S/C28H37ClO3/c1-18(30)23-10-11-24-22-9-6-20-16-28(31,32-17-19-4-7-21(29)8-5-19)15-14-26(20,2)25(22)12-13-27(23,24)3/h4-8,22-25,31H,9-17H2,1-3H3/t22-,23+,24-,25-,26-,27+,28?/m0/s1. The van der Waals surface area contributed by atoms with Gasteiger partial charge < -0.3 is 9.84 Å². The predicted molar refractivity (Wildman–Crippen MR) is 127 cm³/mol. The molecule has 1 aromatic rings. The lowest BCUT2D eigenvalue weighted by atomic mass is 9.47. The highest BCUT2D eigenvalue weighted by Crippen LogP contribution is 2.66. The topological polar surface area (TPSA) is 46.5 Å². The van der Waals surface area contributed by atoms with E-state index >= 15 is 0 Å². The number of ketones is 1. The molecule has 0 aliphatic heterocycles. The molecule has 4 aliphatic carbocycles. The minimum Gasteiger partial charge on any atom is -0.365 e. The van der Waals surface area contributed by atoms with E-state index in [9.17, 15) is 9.90 Å². The number of Topliss-reactive ketones (excluding diaryl/α,β-unsaturated/α-hetero) is 1. The second-order valence-corrected chi connectivity index (χ2v) is 12.0. The fourth-order valence-electron chi connectivity index (χ4n) is 8.21. The van der Waals surface area contributed by atoms with Gasteiger partial charge in [-0.05, 0) is 91.7 Å². The van der Waals surface area contributed by atoms with Gasteiger partial charge in [-0.1, -0.05) is 49.2 Å². The molecule has 1 aromatic carbocycles. The Balaban J connectivity index is 1.32. The summed E-state index contributed by atoms with van der Waals surface area (Å²) in [6.07, 6.45) is 10.4. The number of hydrogen-bond acceptors (Lipinski definition) is 3. The largest absolute Gasteiger partial charge is 0.365 e. The summed E-state index contributed by atoms with van der Waals surface area (Å²) in [7, 11) is 0. The average molecular weight is 457 g/mol. The molecule has 1 unspecified atom stereocenters. The molecular formula is C28H37ClO3. The molecule has 4 aliphatic rings. The molecule has 3 nitrogen and oxygen atoms in total. The first kappa shape index (κ1) is 22.6. The number of carbonyl (C=O) groups excluding carboxylic acids is 1. The van der Waals surface area contributed by atoms with Crippen LogP contribution in [0.4, 0.5) is 0 Å². The van der Waals surface area contributed by atoms with E-state index in [1.807, 2.05) is 24.3 Å². The van der Waals surface area contributed by atoms with Crippen LogP contribution in [0.1, 0.15) is 77.7 Å². The van der Waals surface area contributed by atoms with E-state index in [1.54, 1.807) is 6.92 Å². The van der Waals surface area contributed by atoms with Crippen LogP contribution in [0.2, 0.25) is 5.02 Å². The lowest BCUT2D eigenvalue weighted by Crippen LogP contribution is -2.52. The van der Waals surface area contributed by atoms with Crippen LogP contribution < -0.4 is 0 Å². The maximum absolute atomic E-state index is 12.3. The quantitative estimate of drug-likeness (QED) is 0.404. The Hall–Kier alpha value is -1.16. The van der Waals surface area contributed by atoms with Crippen LogP contribution in [0.15, 0.2) is 35.9 Å². The van der Waals surface area contributed by atoms with Crippen LogP contribution >= 0.6 is 11.6 Å². The first-order chi connectivity index (χ1) is 15.1. The van der Waals surface area contributed by atoms with Crippen LogP contribution in [-0.4, -0.2) is 16.7 Å². The van der Waals surface area contributed by atoms with Crippen LogP contribution in [0.25, 0.3) is 0 Å². The van der Waals surface area contributed by atoms with Crippen LogP contribution in [0, 0.1) is 34.5 Å². The fraction of sp³-hybridized carbons (Fsp3) is 0.679. The van der Waals surface area contributed by atoms with Crippen molar-refractivity contribution in [3.05, 3.63) is 46.5 Å². The van der Waals surface area contributed by atoms with E-state index in [0.717, 1.165) is 24.8 Å². The Morgan fingerprint density at radius 1 is 1.09 bits per heavy atom. The van der Waals surface area contributed by atoms with Crippen molar-refractivity contribution in [1.29, 1.82) is 0 Å². The van der Waals surface area contributed by atoms with Gasteiger partial charge in [0.05, 0.1) is 6.61 Å². The fourth-order valence-corrected chi connectivity index (χ4v) is 8.33. The molecule has 0 radical (unpaired) electrons. The van der Waals surface area contributed by atoms with Crippen molar-refractivity contribution >= 4 is 17.4 Å². The van der Waals surface area contributed by atoms with Gasteiger partial charge in [0.1, 0.15) is 5.78 Å². The summed E-state index contributed by atoms with van der Waals surface area (Å²) in [4.78, 5) is 12.3. The Bertz CT molecular complexity index is 923. The molecule has 1 N–H and O–H groups in total. The van der Waals surface area contributed by atoms with E-state index in [2.05, 4.69) is 19.9 Å². The summed E-state index contributed by atoms with van der Waals surface area (Å²) in [5.41, 5.74) is 2.76. The molecule has 0 aromatic heterocycles. The van der Waals surface area contributed by atoms with Crippen LogP contribution in [0.3, 0.4) is 0 Å². The molecular weight excluding hydrogens is 420 g/mol. The SMILES string of the molecule is CC(=O)[C@H]1CC[C@H]2[C@@H]3CC=C4CC(O)(OCc5ccc(Cl)cc5)CC[C@]4(C)[C@H]3CC[C@]12C. The molecule has 32 heavy (non-hydrogen) atoms. The maximum Gasteiger partial charge on any atom is 0.169 e. The smallest absolute Gasteiger partial charge is 0.169 e. The van der Waals surface area contributed by atoms with Gasteiger partial charge >= 0.3 is 0 Å². The number of fused-ring (bicyclic) bond motifs is 5. The minimum absolute atomic E-state index is 0.147. The summed E-state index contributed by atoms with van der Waals surface area (Å²) >= 11 is 5.99. The molecule has 7 atom stereocenters. The van der Waals surface area contributed by atoms with Gasteiger partial charge in [-0.25, -0.2) is 0 Å². The van der Waals surface area contributed by atoms with Gasteiger partial charge in [-0.15, -0.1) is 0 Å². The number of carbonyl (C=O) groups is 1. The van der Waals surface area contributed by atoms with Crippen molar-refractivity contribution in [2.45, 2.75) is 84.5 Å². The molecule has 174 valence electrons. The molecule has 3 fully saturated rings. The Labute approximate surface area is 197 Å². The molecule has 0 saturated heterocycles. The molecule has 0 bridgehead atoms. The number of halogens is 1. The lowest BCUT2D eigenvalue weighted by molar-refractivity contribution is -0.231. The number of benzene rings is 1. The summed E-state index contributed by atoms with van der Waals surface area (Å²) in [5.74, 6) is 1.55. The van der Waals surface area contributed by atoms with Crippen molar-refractivity contribution in [3.8, 4) is 0 Å². The van der Waals surface area contributed by atoms with Crippen molar-refractivity contribution in [1.82, 2.24) is 0 Å². The average Bonchev–Trinajstić information content (AvgIpc) is 3.12. The molecule has 0 amide bonds. The lowest BCUT2D eigenvalue weighted by Gasteiger charge is -2.58. The second kappa shape index (κ2) is 7.96. The number of ether oxygens (including phenoxy) is 1. The Morgan fingerprint density at radius 2 is 1.84 bits per heavy atom. The van der Waals surface area contributed by atoms with E-state index in [4.69, 9.17) is 16.3 Å². The zero-order valence-electron chi connectivity index (χ0n) is 19.7. The van der Waals surface area contributed by atoms with Crippen molar-refractivity contribution < 1.29 is 14.6 Å². The summed E-state index contributed by atoms with van der Waals surface area (Å²) in [6, 6.07) is 7.64. The minimum atomic E-state index is -1.09. The molecule has 4 heteroatoms. The third-order valence-electron chi connectivity index (χ3n) is 10.0. The van der Waals surface area contributed by atoms with Crippen LogP contribution in [-0.2, 0) is 16.1 Å². The second-order valence-electron chi connectivity index (χ2n) is 11.6. The first-order valence-electron chi connectivity index (χ1n) is 12.5. The number of rotatable bonds is 4. The van der Waals surface area contributed by atoms with E-state index in [1.165, 1.54) is 24.8 Å². The van der Waals surface area contributed by atoms with Gasteiger partial charge in [0.15, 0.2) is 5.79 Å². The van der Waals surface area contributed by atoms with Crippen LogP contribution in [0.5, 0.6) is 0 Å². The summed E-state index contributed by atoms with van der Waals surface area (Å²) in [6.45, 7) is 7.04. The van der Waals surface area contributed by atoms with Gasteiger partial charge in [0.2, 0.25) is 0 Å². The highest BCUT2D eigenvalue weighted by molar-refractivity contribution is 6.30. The van der Waals surface area contributed by atoms with Crippen molar-refractivity contribution in [2.24, 2.45) is 34.5 Å². The van der Waals surface area contributed by atoms with Gasteiger partial charge in [0.25, 0.3) is 0 Å². The third kappa shape index (κ3) is 3.60. The highest BCUT2D eigenvalue weighted by atomic mass is 35.5. The molecule has 0 heterocycles. The van der Waals surface area contributed by atoms with Gasteiger partial charge in [-0.3, -0.25) is 4.79 Å². The maximum atomic E-state index is 12.3. The number of allylic oxidation sites excluding steroid dienone is 1.